The highest BCUT2D eigenvalue weighted by molar-refractivity contribution is 6.37. The number of aromatic amines is 1. The number of benzene rings is 2. The minimum absolute atomic E-state index is 0.0659. The first kappa shape index (κ1) is 17.9. The Balaban J connectivity index is 2.01. The molecule has 4 nitrogen and oxygen atoms in total. The van der Waals surface area contributed by atoms with E-state index in [1.54, 1.807) is 18.2 Å². The molecule has 0 aliphatic heterocycles. The molecule has 2 aromatic carbocycles. The molecule has 0 amide bonds. The molecule has 0 aliphatic carbocycles. The molecule has 0 radical (unpaired) electrons. The van der Waals surface area contributed by atoms with Crippen molar-refractivity contribution in [2.45, 2.75) is 6.92 Å². The first-order valence-corrected chi connectivity index (χ1v) is 8.41. The summed E-state index contributed by atoms with van der Waals surface area (Å²) < 4.78 is 5.33. The van der Waals surface area contributed by atoms with Crippen LogP contribution in [0.2, 0.25) is 10.0 Å². The molecule has 128 valence electrons. The zero-order chi connectivity index (χ0) is 18.7. The number of hydrogen-bond donors (Lipinski definition) is 1. The van der Waals surface area contributed by atoms with Gasteiger partial charge in [-0.3, -0.25) is 0 Å². The Morgan fingerprint density at radius 2 is 2.04 bits per heavy atom. The van der Waals surface area contributed by atoms with Gasteiger partial charge < -0.3 is 9.72 Å². The summed E-state index contributed by atoms with van der Waals surface area (Å²) in [5, 5.41) is 10.2. The van der Waals surface area contributed by atoms with Crippen LogP contribution >= 0.6 is 23.2 Å². The van der Waals surface area contributed by atoms with Crippen LogP contribution in [0.25, 0.3) is 22.7 Å². The van der Waals surface area contributed by atoms with Gasteiger partial charge in [-0.05, 0) is 48.4 Å². The van der Waals surface area contributed by atoms with E-state index in [1.807, 2.05) is 25.1 Å². The molecule has 0 aliphatic rings. The van der Waals surface area contributed by atoms with Gasteiger partial charge in [0.25, 0.3) is 0 Å². The predicted molar refractivity (Wildman–Crippen MR) is 105 cm³/mol. The summed E-state index contributed by atoms with van der Waals surface area (Å²) >= 11 is 12.4. The van der Waals surface area contributed by atoms with Crippen LogP contribution in [-0.2, 0) is 0 Å². The van der Waals surface area contributed by atoms with E-state index in [1.165, 1.54) is 0 Å². The summed E-state index contributed by atoms with van der Waals surface area (Å²) in [7, 11) is 0. The van der Waals surface area contributed by atoms with Crippen LogP contribution in [0.5, 0.6) is 5.75 Å². The molecule has 3 aromatic rings. The monoisotopic (exact) mass is 381 g/mol. The minimum atomic E-state index is 0.0659. The first-order valence-electron chi connectivity index (χ1n) is 7.65. The molecule has 0 atom stereocenters. The van der Waals surface area contributed by atoms with Gasteiger partial charge in [0, 0.05) is 0 Å². The Bertz CT molecular complexity index is 1080. The van der Waals surface area contributed by atoms with Crippen LogP contribution in [0.4, 0.5) is 0 Å². The Hall–Kier alpha value is -2.92. The third-order valence-electron chi connectivity index (χ3n) is 3.64. The lowest BCUT2D eigenvalue weighted by Gasteiger charge is -2.08. The Kier molecular flexibility index (Phi) is 5.19. The highest BCUT2D eigenvalue weighted by Crippen LogP contribution is 2.35. The summed E-state index contributed by atoms with van der Waals surface area (Å²) in [5.74, 6) is 3.16. The normalized spacial score (nSPS) is 11.2. The minimum Gasteiger partial charge on any atom is -0.478 e. The van der Waals surface area contributed by atoms with E-state index in [-0.39, 0.29) is 6.61 Å². The Labute approximate surface area is 161 Å². The second-order valence-electron chi connectivity index (χ2n) is 5.58. The van der Waals surface area contributed by atoms with Gasteiger partial charge in [-0.1, -0.05) is 35.2 Å². The average Bonchev–Trinajstić information content (AvgIpc) is 3.01. The molecule has 0 unspecified atom stereocenters. The summed E-state index contributed by atoms with van der Waals surface area (Å²) in [6.45, 7) is 2.06. The number of terminal acetylenes is 1. The van der Waals surface area contributed by atoms with Crippen LogP contribution in [0.1, 0.15) is 17.0 Å². The third-order valence-corrected chi connectivity index (χ3v) is 4.21. The molecule has 6 heteroatoms. The molecule has 3 rings (SSSR count). The zero-order valence-corrected chi connectivity index (χ0v) is 15.3. The van der Waals surface area contributed by atoms with E-state index >= 15 is 0 Å². The fourth-order valence-electron chi connectivity index (χ4n) is 2.49. The number of ether oxygens (including phenoxy) is 1. The SMILES string of the molecule is C#CCOc1c(Cl)cc(/C=C(/C#N)c2nc3ccc(C)cc3[nH]2)cc1Cl. The summed E-state index contributed by atoms with van der Waals surface area (Å²) in [4.78, 5) is 7.63. The number of nitrogens with one attached hydrogen (secondary N) is 1. The molecule has 26 heavy (non-hydrogen) atoms. The smallest absolute Gasteiger partial charge is 0.157 e. The van der Waals surface area contributed by atoms with Crippen molar-refractivity contribution in [3.63, 3.8) is 0 Å². The number of allylic oxidation sites excluding steroid dienone is 1. The van der Waals surface area contributed by atoms with Gasteiger partial charge >= 0.3 is 0 Å². The lowest BCUT2D eigenvalue weighted by Crippen LogP contribution is -1.95. The second-order valence-corrected chi connectivity index (χ2v) is 6.40. The van der Waals surface area contributed by atoms with Crippen molar-refractivity contribution in [3.05, 3.63) is 57.3 Å². The van der Waals surface area contributed by atoms with Crippen molar-refractivity contribution >= 4 is 45.9 Å². The van der Waals surface area contributed by atoms with Crippen LogP contribution < -0.4 is 4.74 Å². The number of H-pyrrole nitrogens is 1. The number of rotatable bonds is 4. The quantitative estimate of drug-likeness (QED) is 0.495. The number of halogens is 2. The highest BCUT2D eigenvalue weighted by atomic mass is 35.5. The van der Waals surface area contributed by atoms with Crippen molar-refractivity contribution in [1.29, 1.82) is 5.26 Å². The third kappa shape index (κ3) is 3.68. The number of fused-ring (bicyclic) bond motifs is 1. The average molecular weight is 382 g/mol. The molecule has 0 bridgehead atoms. The van der Waals surface area contributed by atoms with Crippen molar-refractivity contribution < 1.29 is 4.74 Å². The Morgan fingerprint density at radius 1 is 1.31 bits per heavy atom. The van der Waals surface area contributed by atoms with Crippen LogP contribution in [-0.4, -0.2) is 16.6 Å². The molecular formula is C20H13Cl2N3O. The lowest BCUT2D eigenvalue weighted by atomic mass is 10.1. The predicted octanol–water partition coefficient (Wildman–Crippen LogP) is 5.25. The van der Waals surface area contributed by atoms with Gasteiger partial charge in [0.15, 0.2) is 5.75 Å². The molecule has 0 saturated heterocycles. The molecule has 1 N–H and O–H groups in total. The number of aromatic nitrogens is 2. The van der Waals surface area contributed by atoms with E-state index in [4.69, 9.17) is 34.4 Å². The van der Waals surface area contributed by atoms with Crippen molar-refractivity contribution in [2.75, 3.05) is 6.61 Å². The molecule has 0 fully saturated rings. The molecule has 1 aromatic heterocycles. The second kappa shape index (κ2) is 7.54. The zero-order valence-electron chi connectivity index (χ0n) is 13.8. The van der Waals surface area contributed by atoms with Crippen LogP contribution in [0, 0.1) is 30.6 Å². The number of hydrogen-bond acceptors (Lipinski definition) is 3. The number of nitrogens with zero attached hydrogens (tertiary/aromatic N) is 2. The standard InChI is InChI=1S/C20H13Cl2N3O/c1-3-6-26-19-15(21)9-13(10-16(19)22)8-14(11-23)20-24-17-5-4-12(2)7-18(17)25-20/h1,4-5,7-10H,6H2,2H3,(H,24,25)/b14-8-. The molecule has 1 heterocycles. The summed E-state index contributed by atoms with van der Waals surface area (Å²) in [5.41, 5.74) is 3.79. The van der Waals surface area contributed by atoms with Crippen LogP contribution in [0.15, 0.2) is 30.3 Å². The Morgan fingerprint density at radius 3 is 2.69 bits per heavy atom. The molecular weight excluding hydrogens is 369 g/mol. The van der Waals surface area contributed by atoms with Crippen molar-refractivity contribution in [2.24, 2.45) is 0 Å². The number of aryl methyl sites for hydroxylation is 1. The van der Waals surface area contributed by atoms with E-state index in [2.05, 4.69) is 22.0 Å². The van der Waals surface area contributed by atoms with E-state index < -0.39 is 0 Å². The molecule has 0 saturated carbocycles. The van der Waals surface area contributed by atoms with E-state index in [0.717, 1.165) is 16.6 Å². The highest BCUT2D eigenvalue weighted by Gasteiger charge is 2.12. The van der Waals surface area contributed by atoms with Crippen LogP contribution in [0.3, 0.4) is 0 Å². The summed E-state index contributed by atoms with van der Waals surface area (Å²) in [6, 6.07) is 11.3. The van der Waals surface area contributed by atoms with Crippen molar-refractivity contribution in [3.8, 4) is 24.2 Å². The maximum Gasteiger partial charge on any atom is 0.157 e. The molecule has 0 spiro atoms. The van der Waals surface area contributed by atoms with E-state index in [9.17, 15) is 5.26 Å². The van der Waals surface area contributed by atoms with Gasteiger partial charge in [0.05, 0.1) is 26.7 Å². The van der Waals surface area contributed by atoms with Gasteiger partial charge in [0.1, 0.15) is 18.5 Å². The fraction of sp³-hybridized carbons (Fsp3) is 0.100. The fourth-order valence-corrected chi connectivity index (χ4v) is 3.10. The maximum absolute atomic E-state index is 9.54. The van der Waals surface area contributed by atoms with Crippen molar-refractivity contribution in [1.82, 2.24) is 9.97 Å². The topological polar surface area (TPSA) is 61.7 Å². The number of nitriles is 1. The van der Waals surface area contributed by atoms with Gasteiger partial charge in [-0.25, -0.2) is 4.98 Å². The maximum atomic E-state index is 9.54. The first-order chi connectivity index (χ1) is 12.5. The summed E-state index contributed by atoms with van der Waals surface area (Å²) in [6.07, 6.45) is 6.84. The lowest BCUT2D eigenvalue weighted by molar-refractivity contribution is 0.371. The van der Waals surface area contributed by atoms with E-state index in [0.29, 0.717) is 32.8 Å². The van der Waals surface area contributed by atoms with Gasteiger partial charge in [-0.15, -0.1) is 6.42 Å². The van der Waals surface area contributed by atoms with Gasteiger partial charge in [0.2, 0.25) is 0 Å². The largest absolute Gasteiger partial charge is 0.478 e. The number of imidazole rings is 1. The van der Waals surface area contributed by atoms with Gasteiger partial charge in [-0.2, -0.15) is 5.26 Å².